The summed E-state index contributed by atoms with van der Waals surface area (Å²) in [7, 11) is 0. The van der Waals surface area contributed by atoms with Gasteiger partial charge in [0.05, 0.1) is 49.7 Å². The minimum absolute atomic E-state index is 0.0391. The van der Waals surface area contributed by atoms with Crippen molar-refractivity contribution in [3.63, 3.8) is 0 Å². The quantitative estimate of drug-likeness (QED) is 0.0271. The second kappa shape index (κ2) is 38.9. The number of aromatic nitrogens is 10. The number of carbonyl (C=O) groups excluding carboxylic acids is 4. The van der Waals surface area contributed by atoms with E-state index in [1.54, 1.807) is 53.7 Å². The molecule has 101 heavy (non-hydrogen) atoms. The van der Waals surface area contributed by atoms with Crippen molar-refractivity contribution in [3.8, 4) is 0 Å². The lowest BCUT2D eigenvalue weighted by Crippen LogP contribution is -2.23. The monoisotopic (exact) mass is 1630 g/mol. The number of esters is 3. The fourth-order valence-electron chi connectivity index (χ4n) is 9.00. The zero-order valence-corrected chi connectivity index (χ0v) is 62.5. The Bertz CT molecular complexity index is 4340. The highest BCUT2D eigenvalue weighted by Gasteiger charge is 2.40. The Morgan fingerprint density at radius 3 is 1.34 bits per heavy atom. The Hall–Kier alpha value is -7.24. The highest BCUT2D eigenvalue weighted by Crippen LogP contribution is 2.45. The molecule has 1 amide bonds. The van der Waals surface area contributed by atoms with Gasteiger partial charge in [-0.1, -0.05) is 88.1 Å². The van der Waals surface area contributed by atoms with Crippen molar-refractivity contribution in [3.05, 3.63) is 211 Å². The summed E-state index contributed by atoms with van der Waals surface area (Å²) in [6, 6.07) is 23.1. The maximum absolute atomic E-state index is 13.0. The van der Waals surface area contributed by atoms with Crippen LogP contribution in [0.4, 0.5) is 57.8 Å². The van der Waals surface area contributed by atoms with Gasteiger partial charge in [-0.25, -0.2) is 57.4 Å². The predicted octanol–water partition coefficient (Wildman–Crippen LogP) is 19.3. The third-order valence-corrected chi connectivity index (χ3v) is 16.6. The lowest BCUT2D eigenvalue weighted by Gasteiger charge is -2.18. The molecule has 2 aliphatic rings. The summed E-state index contributed by atoms with van der Waals surface area (Å²) < 4.78 is 65.6. The Morgan fingerprint density at radius 1 is 0.495 bits per heavy atom. The largest absolute Gasteiger partial charge is 0.466 e. The summed E-state index contributed by atoms with van der Waals surface area (Å²) in [5, 5.41) is 3.69. The number of carbonyl (C=O) groups is 4. The van der Waals surface area contributed by atoms with E-state index in [-0.39, 0.29) is 118 Å². The smallest absolute Gasteiger partial charge is 0.313 e. The second-order valence-electron chi connectivity index (χ2n) is 20.6. The van der Waals surface area contributed by atoms with E-state index >= 15 is 0 Å². The normalized spacial score (nSPS) is 13.7. The van der Waals surface area contributed by atoms with E-state index < -0.39 is 35.7 Å². The van der Waals surface area contributed by atoms with Crippen molar-refractivity contribution in [2.24, 2.45) is 0 Å². The van der Waals surface area contributed by atoms with Crippen molar-refractivity contribution in [2.45, 2.75) is 78.6 Å². The van der Waals surface area contributed by atoms with E-state index in [1.807, 2.05) is 11.8 Å². The number of benzene rings is 4. The lowest BCUT2D eigenvalue weighted by molar-refractivity contribution is -0.145. The van der Waals surface area contributed by atoms with Gasteiger partial charge in [-0.3, -0.25) is 24.1 Å². The molecule has 21 nitrogen and oxygen atoms in total. The molecule has 5 aromatic heterocycles. The van der Waals surface area contributed by atoms with Gasteiger partial charge in [0.25, 0.3) is 0 Å². The van der Waals surface area contributed by atoms with Gasteiger partial charge in [0.15, 0.2) is 0 Å². The molecular formula is C64H54Cl12F4N14O7. The van der Waals surface area contributed by atoms with Crippen molar-refractivity contribution in [1.29, 1.82) is 0 Å². The highest BCUT2D eigenvalue weighted by atomic mass is 35.5. The van der Waals surface area contributed by atoms with Gasteiger partial charge in [-0.05, 0) is 197 Å². The first-order chi connectivity index (χ1) is 47.8. The number of fused-ring (bicyclic) bond motifs is 2. The molecule has 0 bridgehead atoms. The number of rotatable bonds is 13. The Kier molecular flexibility index (Phi) is 31.8. The number of hydrogen-bond acceptors (Lipinski definition) is 20. The second-order valence-corrected chi connectivity index (χ2v) is 24.8. The van der Waals surface area contributed by atoms with Crippen LogP contribution in [-0.2, 0) is 39.8 Å². The number of nitrogens with zero attached hydrogens (tertiary/aromatic N) is 12. The molecule has 534 valence electrons. The molecule has 9 aromatic rings. The molecule has 3 N–H and O–H groups in total. The summed E-state index contributed by atoms with van der Waals surface area (Å²) in [4.78, 5) is 89.3. The molecule has 2 aliphatic heterocycles. The van der Waals surface area contributed by atoms with E-state index in [0.717, 1.165) is 17.8 Å². The number of amides is 1. The number of ether oxygens (including phenoxy) is 3. The summed E-state index contributed by atoms with van der Waals surface area (Å²) in [5.74, 6) is -3.08. The third kappa shape index (κ3) is 23.1. The summed E-state index contributed by atoms with van der Waals surface area (Å²) in [6.45, 7) is 13.7. The maximum atomic E-state index is 13.0. The Morgan fingerprint density at radius 2 is 0.871 bits per heavy atom. The highest BCUT2D eigenvalue weighted by molar-refractivity contribution is 6.38. The SMILES string of the molecule is CC1C(=O)N(c2ccc(F)cc2)c2nc(Cl)nc(Cl)c21.CC1CN(c2ccc(F)cc2)c2nc(Cl)nc(Cl)c21.CCOC(=O)C(C)c1c(Cl)nc(Cl)nc1Cl.CCOC(=O)C(C)c1c(Cl)nc(Cl)nc1Nc1ccc(F)cc1.CCOC(=O)Cc1c(Cl)nc(Cl)nc1Cl.Nc1ccc(F)cc1. The van der Waals surface area contributed by atoms with Crippen LogP contribution in [0.1, 0.15) is 100.0 Å². The zero-order valence-electron chi connectivity index (χ0n) is 53.4. The first-order valence-corrected chi connectivity index (χ1v) is 33.9. The summed E-state index contributed by atoms with van der Waals surface area (Å²) in [5.41, 5.74) is 10.2. The van der Waals surface area contributed by atoms with Gasteiger partial charge >= 0.3 is 17.9 Å². The molecule has 7 heterocycles. The summed E-state index contributed by atoms with van der Waals surface area (Å²) in [6.07, 6.45) is -0.0668. The van der Waals surface area contributed by atoms with Crippen molar-refractivity contribution in [2.75, 3.05) is 47.2 Å². The number of nitrogens with two attached hydrogens (primary N) is 1. The number of nitrogen functional groups attached to an aromatic ring is 1. The number of halogens is 16. The van der Waals surface area contributed by atoms with Crippen LogP contribution in [0.25, 0.3) is 0 Å². The van der Waals surface area contributed by atoms with Crippen LogP contribution in [0, 0.1) is 23.3 Å². The molecule has 0 radical (unpaired) electrons. The Balaban J connectivity index is 0.000000194. The molecule has 0 saturated heterocycles. The van der Waals surface area contributed by atoms with Crippen molar-refractivity contribution >= 4 is 203 Å². The average molecular weight is 1630 g/mol. The molecule has 0 aliphatic carbocycles. The molecule has 37 heteroatoms. The van der Waals surface area contributed by atoms with Crippen molar-refractivity contribution < 1.29 is 51.0 Å². The molecule has 4 aromatic carbocycles. The van der Waals surface area contributed by atoms with E-state index in [1.165, 1.54) is 89.8 Å². The zero-order chi connectivity index (χ0) is 74.7. The minimum Gasteiger partial charge on any atom is -0.466 e. The van der Waals surface area contributed by atoms with E-state index in [4.69, 9.17) is 159 Å². The van der Waals surface area contributed by atoms with Crippen LogP contribution >= 0.6 is 139 Å². The summed E-state index contributed by atoms with van der Waals surface area (Å²) >= 11 is 70.0. The van der Waals surface area contributed by atoms with Gasteiger partial charge in [0, 0.05) is 57.3 Å². The van der Waals surface area contributed by atoms with Crippen LogP contribution in [0.2, 0.25) is 62.5 Å². The molecular weight excluding hydrogens is 1580 g/mol. The van der Waals surface area contributed by atoms with Gasteiger partial charge in [0.2, 0.25) is 32.3 Å². The number of anilines is 7. The van der Waals surface area contributed by atoms with Gasteiger partial charge < -0.3 is 30.2 Å². The molecule has 0 saturated carbocycles. The molecule has 0 spiro atoms. The van der Waals surface area contributed by atoms with Gasteiger partial charge in [-0.15, -0.1) is 0 Å². The third-order valence-electron chi connectivity index (χ3n) is 13.7. The molecule has 0 fully saturated rings. The topological polar surface area (TPSA) is 269 Å². The van der Waals surface area contributed by atoms with Gasteiger partial charge in [-0.2, -0.15) is 9.97 Å². The van der Waals surface area contributed by atoms with Gasteiger partial charge in [0.1, 0.15) is 76.8 Å². The molecule has 11 rings (SSSR count). The minimum atomic E-state index is -0.692. The fourth-order valence-corrected chi connectivity index (χ4v) is 12.4. The van der Waals surface area contributed by atoms with E-state index in [9.17, 15) is 36.7 Å². The molecule has 4 atom stereocenters. The average Bonchev–Trinajstić information content (AvgIpc) is 1.63. The fraction of sp³-hybridized carbons (Fsp3) is 0.250. The van der Waals surface area contributed by atoms with E-state index in [2.05, 4.69) is 55.2 Å². The standard InChI is InChI=1S/C15H14Cl2FN3O2.C13H8Cl2FN3O.C13H10Cl2FN3.C9H9Cl3N2O2.C8H7Cl3N2O2.C6H6FN/c1-3-23-14(22)8(2)11-12(16)20-15(17)21-13(11)19-10-6-4-9(18)5-7-10;1-6-9-10(14)17-13(15)18-11(9)19(12(6)20)8-4-2-7(16)3-5-8;1-7-6-19(9-4-2-8(16)3-5-9)12-10(7)11(14)17-13(15)18-12;1-3-16-8(15)4(2)5-6(10)13-9(12)14-7(5)11;1-2-15-5(14)3-4-6(9)12-8(11)13-7(4)10;7-5-1-3-6(8)4-2-5/h4-8H,3H2,1-2H3,(H,19,20,21);2-6H,1H3;2-5,7H,6H2,1H3;4H,3H2,1-2H3;2-3H2,1H3;1-4H,8H2. The van der Waals surface area contributed by atoms with Crippen LogP contribution in [0.5, 0.6) is 0 Å². The van der Waals surface area contributed by atoms with Crippen LogP contribution in [0.3, 0.4) is 0 Å². The van der Waals surface area contributed by atoms with Crippen molar-refractivity contribution in [1.82, 2.24) is 49.8 Å². The maximum Gasteiger partial charge on any atom is 0.313 e. The first kappa shape index (κ1) is 82.7. The lowest BCUT2D eigenvalue weighted by atomic mass is 10.0. The van der Waals surface area contributed by atoms with Crippen LogP contribution < -0.4 is 20.9 Å². The van der Waals surface area contributed by atoms with Crippen LogP contribution in [-0.4, -0.2) is 100 Å². The molecule has 4 unspecified atom stereocenters. The number of nitrogens with one attached hydrogen (secondary N) is 1. The van der Waals surface area contributed by atoms with Crippen LogP contribution in [0.15, 0.2) is 97.1 Å². The first-order valence-electron chi connectivity index (χ1n) is 29.4. The predicted molar refractivity (Wildman–Crippen MR) is 385 cm³/mol. The van der Waals surface area contributed by atoms with E-state index in [0.29, 0.717) is 62.7 Å². The Labute approximate surface area is 635 Å². The number of hydrogen-bond donors (Lipinski definition) is 2.